The molecule has 0 radical (unpaired) electrons. The topological polar surface area (TPSA) is 70.0 Å². The van der Waals surface area contributed by atoms with E-state index in [1.54, 1.807) is 12.1 Å². The Balaban J connectivity index is 2.24. The second-order valence-corrected chi connectivity index (χ2v) is 6.19. The molecule has 0 spiro atoms. The maximum absolute atomic E-state index is 9.06. The summed E-state index contributed by atoms with van der Waals surface area (Å²) in [6.07, 6.45) is 0. The highest BCUT2D eigenvalue weighted by atomic mass is 16.7. The molecule has 0 aliphatic carbocycles. The van der Waals surface area contributed by atoms with Gasteiger partial charge in [-0.3, -0.25) is 0 Å². The zero-order chi connectivity index (χ0) is 16.5. The van der Waals surface area contributed by atoms with Gasteiger partial charge >= 0.3 is 7.12 Å². The zero-order valence-electron chi connectivity index (χ0n) is 13.7. The summed E-state index contributed by atoms with van der Waals surface area (Å²) in [5.74, 6) is 0.614. The van der Waals surface area contributed by atoms with Crippen LogP contribution in [0.4, 0.5) is 0 Å². The van der Waals surface area contributed by atoms with Crippen molar-refractivity contribution in [1.82, 2.24) is 4.98 Å². The lowest BCUT2D eigenvalue weighted by Gasteiger charge is -2.32. The molecule has 0 amide bonds. The number of aromatic nitrogens is 1. The maximum atomic E-state index is 9.06. The Hall–Kier alpha value is -1.73. The molecule has 2 rings (SSSR count). The average molecular weight is 307 g/mol. The monoisotopic (exact) mass is 307 g/mol. The second kappa shape index (κ2) is 5.81. The fraction of sp³-hybridized carbons (Fsp3) is 0.533. The summed E-state index contributed by atoms with van der Waals surface area (Å²) < 4.78 is 22.6. The van der Waals surface area contributed by atoms with E-state index < -0.39 is 18.3 Å². The Morgan fingerprint density at radius 3 is 2.36 bits per heavy atom. The van der Waals surface area contributed by atoms with Crippen LogP contribution in [0.3, 0.4) is 0 Å². The van der Waals surface area contributed by atoms with Crippen LogP contribution >= 0.6 is 0 Å². The number of nitrogens with zero attached hydrogens (tertiary/aromatic N) is 1. The smallest absolute Gasteiger partial charge is 0.500 e. The molecule has 0 bridgehead atoms. The molecule has 1 aromatic heterocycles. The predicted octanol–water partition coefficient (Wildman–Crippen LogP) is 1.84. The summed E-state index contributed by atoms with van der Waals surface area (Å²) in [5, 5.41) is 9.06. The summed E-state index contributed by atoms with van der Waals surface area (Å²) in [7, 11) is 0.959. The number of hydrogen-bond donors (Lipinski definition) is 1. The van der Waals surface area contributed by atoms with Gasteiger partial charge in [0, 0.05) is 11.5 Å². The highest BCUT2D eigenvalue weighted by molar-refractivity contribution is 6.63. The highest BCUT2D eigenvalue weighted by Gasteiger charge is 2.52. The van der Waals surface area contributed by atoms with Crippen LogP contribution in [-0.2, 0) is 9.31 Å². The molecule has 1 aliphatic heterocycles. The summed E-state index contributed by atoms with van der Waals surface area (Å²) in [4.78, 5) is 4.25. The molecule has 6 nitrogen and oxygen atoms in total. The Morgan fingerprint density at radius 1 is 1.27 bits per heavy atom. The van der Waals surface area contributed by atoms with E-state index in [-0.39, 0.29) is 12.4 Å². The van der Waals surface area contributed by atoms with E-state index in [4.69, 9.17) is 23.9 Å². The first-order chi connectivity index (χ1) is 10.2. The highest BCUT2D eigenvalue weighted by Crippen LogP contribution is 2.37. The molecule has 1 aliphatic rings. The number of rotatable bonds is 5. The average Bonchev–Trinajstić information content (AvgIpc) is 2.64. The molecule has 2 heterocycles. The minimum absolute atomic E-state index is 0.0218. The van der Waals surface area contributed by atoms with Crippen LogP contribution in [-0.4, -0.2) is 42.1 Å². The van der Waals surface area contributed by atoms with Crippen LogP contribution in [0.25, 0.3) is 0 Å². The quantitative estimate of drug-likeness (QED) is 0.661. The Morgan fingerprint density at radius 2 is 1.86 bits per heavy atom. The first-order valence-corrected chi connectivity index (χ1v) is 7.06. The molecule has 1 saturated heterocycles. The van der Waals surface area contributed by atoms with Gasteiger partial charge < -0.3 is 23.9 Å². The molecule has 0 saturated carbocycles. The summed E-state index contributed by atoms with van der Waals surface area (Å²) in [6.45, 7) is 11.3. The van der Waals surface area contributed by atoms with Crippen molar-refractivity contribution in [3.63, 3.8) is 0 Å². The number of aliphatic hydroxyl groups is 1. The van der Waals surface area contributed by atoms with E-state index in [9.17, 15) is 0 Å². The first-order valence-electron chi connectivity index (χ1n) is 7.06. The van der Waals surface area contributed by atoms with Crippen molar-refractivity contribution >= 4 is 12.6 Å². The first kappa shape index (κ1) is 16.6. The van der Waals surface area contributed by atoms with Gasteiger partial charge in [0.1, 0.15) is 12.4 Å². The van der Waals surface area contributed by atoms with Crippen molar-refractivity contribution in [3.05, 3.63) is 24.5 Å². The molecule has 1 fully saturated rings. The number of pyridine rings is 1. The van der Waals surface area contributed by atoms with E-state index >= 15 is 0 Å². The lowest BCUT2D eigenvalue weighted by Crippen LogP contribution is -2.41. The lowest BCUT2D eigenvalue weighted by atomic mass is 9.80. The molecule has 7 heteroatoms. The maximum Gasteiger partial charge on any atom is 0.500 e. The van der Waals surface area contributed by atoms with E-state index in [1.807, 2.05) is 27.7 Å². The third-order valence-corrected chi connectivity index (χ3v) is 3.95. The van der Waals surface area contributed by atoms with Gasteiger partial charge in [0.15, 0.2) is 0 Å². The molecule has 1 N–H and O–H groups in total. The van der Waals surface area contributed by atoms with Crippen LogP contribution < -0.4 is 14.9 Å². The van der Waals surface area contributed by atoms with Gasteiger partial charge in [-0.05, 0) is 27.7 Å². The fourth-order valence-corrected chi connectivity index (χ4v) is 1.98. The summed E-state index contributed by atoms with van der Waals surface area (Å²) in [5.41, 5.74) is -0.185. The number of aliphatic hydroxyl groups excluding tert-OH is 1. The zero-order valence-corrected chi connectivity index (χ0v) is 13.7. The Bertz CT molecular complexity index is 557. The molecule has 1 aromatic rings. The van der Waals surface area contributed by atoms with Crippen molar-refractivity contribution in [2.45, 2.75) is 38.9 Å². The van der Waals surface area contributed by atoms with Gasteiger partial charge in [0.2, 0.25) is 11.8 Å². The van der Waals surface area contributed by atoms with Crippen LogP contribution in [0.2, 0.25) is 0 Å². The second-order valence-electron chi connectivity index (χ2n) is 6.19. The van der Waals surface area contributed by atoms with Gasteiger partial charge in [-0.2, -0.15) is 4.98 Å². The van der Waals surface area contributed by atoms with Crippen molar-refractivity contribution in [1.29, 1.82) is 0 Å². The lowest BCUT2D eigenvalue weighted by molar-refractivity contribution is 0.00578. The molecule has 22 heavy (non-hydrogen) atoms. The van der Waals surface area contributed by atoms with Crippen molar-refractivity contribution < 1.29 is 23.9 Å². The van der Waals surface area contributed by atoms with E-state index in [0.29, 0.717) is 17.2 Å². The SMILES string of the molecule is C=C(O)COc1ccc(B2OC(C)(C)C(C)(C)O2)c(OC)n1. The van der Waals surface area contributed by atoms with Gasteiger partial charge in [-0.25, -0.2) is 0 Å². The minimum atomic E-state index is -0.561. The molecule has 120 valence electrons. The van der Waals surface area contributed by atoms with E-state index in [1.165, 1.54) is 7.11 Å². The normalized spacial score (nSPS) is 19.0. The minimum Gasteiger partial charge on any atom is -0.509 e. The Kier molecular flexibility index (Phi) is 4.40. The van der Waals surface area contributed by atoms with E-state index in [2.05, 4.69) is 11.6 Å². The van der Waals surface area contributed by atoms with E-state index in [0.717, 1.165) is 0 Å². The third-order valence-electron chi connectivity index (χ3n) is 3.95. The summed E-state index contributed by atoms with van der Waals surface area (Å²) >= 11 is 0. The summed E-state index contributed by atoms with van der Waals surface area (Å²) in [6, 6.07) is 3.45. The van der Waals surface area contributed by atoms with Crippen molar-refractivity contribution in [2.24, 2.45) is 0 Å². The standard InChI is InChI=1S/C15H22BNO5/c1-10(18)9-20-12-8-7-11(13(17-12)19-6)16-21-14(2,3)15(4,5)22-16/h7-8,18H,1,9H2,2-6H3. The van der Waals surface area contributed by atoms with Crippen LogP contribution in [0.1, 0.15) is 27.7 Å². The van der Waals surface area contributed by atoms with Crippen molar-refractivity contribution in [2.75, 3.05) is 13.7 Å². The molecule has 0 atom stereocenters. The number of methoxy groups -OCH3 is 1. The van der Waals surface area contributed by atoms with Gasteiger partial charge in [0.25, 0.3) is 0 Å². The third kappa shape index (κ3) is 3.20. The van der Waals surface area contributed by atoms with Gasteiger partial charge in [-0.1, -0.05) is 12.6 Å². The fourth-order valence-electron chi connectivity index (χ4n) is 1.98. The molecular formula is C15H22BNO5. The van der Waals surface area contributed by atoms with Crippen LogP contribution in [0, 0.1) is 0 Å². The Labute approximate surface area is 131 Å². The number of ether oxygens (including phenoxy) is 2. The molecule has 0 aromatic carbocycles. The van der Waals surface area contributed by atoms with Crippen LogP contribution in [0.15, 0.2) is 24.5 Å². The van der Waals surface area contributed by atoms with Gasteiger partial charge in [0.05, 0.1) is 18.3 Å². The largest absolute Gasteiger partial charge is 0.509 e. The van der Waals surface area contributed by atoms with Gasteiger partial charge in [-0.15, -0.1) is 0 Å². The predicted molar refractivity (Wildman–Crippen MR) is 83.8 cm³/mol. The van der Waals surface area contributed by atoms with Crippen LogP contribution in [0.5, 0.6) is 11.8 Å². The molecular weight excluding hydrogens is 285 g/mol. The molecule has 0 unspecified atom stereocenters. The van der Waals surface area contributed by atoms with Crippen molar-refractivity contribution in [3.8, 4) is 11.8 Å². The number of hydrogen-bond acceptors (Lipinski definition) is 6.